The fraction of sp³-hybridized carbons (Fsp3) is 0.0952. The SMILES string of the molecule is c1cc(-c2ccc(CCNc3nc(-c4ccncc4)cs3)cc2)ccn1. The van der Waals surface area contributed by atoms with Crippen LogP contribution >= 0.6 is 11.3 Å². The van der Waals surface area contributed by atoms with Crippen molar-refractivity contribution in [2.75, 3.05) is 11.9 Å². The minimum Gasteiger partial charge on any atom is -0.361 e. The Bertz CT molecular complexity index is 950. The molecule has 4 aromatic rings. The Balaban J connectivity index is 1.33. The van der Waals surface area contributed by atoms with E-state index in [0.29, 0.717) is 0 Å². The van der Waals surface area contributed by atoms with Gasteiger partial charge in [0.25, 0.3) is 0 Å². The maximum absolute atomic E-state index is 4.64. The summed E-state index contributed by atoms with van der Waals surface area (Å²) in [6.45, 7) is 0.859. The van der Waals surface area contributed by atoms with Crippen molar-refractivity contribution in [3.05, 3.63) is 84.3 Å². The van der Waals surface area contributed by atoms with Crippen molar-refractivity contribution in [2.24, 2.45) is 0 Å². The van der Waals surface area contributed by atoms with Crippen molar-refractivity contribution in [3.63, 3.8) is 0 Å². The average Bonchev–Trinajstić information content (AvgIpc) is 3.19. The molecule has 0 aliphatic heterocycles. The van der Waals surface area contributed by atoms with Gasteiger partial charge in [0, 0.05) is 42.3 Å². The van der Waals surface area contributed by atoms with Crippen LogP contribution in [0.3, 0.4) is 0 Å². The molecule has 4 rings (SSSR count). The van der Waals surface area contributed by atoms with Crippen molar-refractivity contribution >= 4 is 16.5 Å². The van der Waals surface area contributed by atoms with Crippen molar-refractivity contribution in [1.29, 1.82) is 0 Å². The molecular formula is C21H18N4S. The first-order valence-corrected chi connectivity index (χ1v) is 9.35. The summed E-state index contributed by atoms with van der Waals surface area (Å²) < 4.78 is 0. The van der Waals surface area contributed by atoms with Gasteiger partial charge in [0.05, 0.1) is 5.69 Å². The molecule has 0 aliphatic rings. The third-order valence-corrected chi connectivity index (χ3v) is 4.94. The number of pyridine rings is 2. The zero-order valence-corrected chi connectivity index (χ0v) is 15.0. The van der Waals surface area contributed by atoms with Gasteiger partial charge >= 0.3 is 0 Å². The van der Waals surface area contributed by atoms with Crippen LogP contribution in [0.15, 0.2) is 78.7 Å². The van der Waals surface area contributed by atoms with E-state index < -0.39 is 0 Å². The van der Waals surface area contributed by atoms with E-state index in [2.05, 4.69) is 49.9 Å². The molecule has 1 aromatic carbocycles. The molecule has 0 unspecified atom stereocenters. The largest absolute Gasteiger partial charge is 0.361 e. The van der Waals surface area contributed by atoms with E-state index in [4.69, 9.17) is 0 Å². The molecule has 0 atom stereocenters. The zero-order valence-electron chi connectivity index (χ0n) is 14.2. The number of thiazole rings is 1. The van der Waals surface area contributed by atoms with Crippen LogP contribution in [0.5, 0.6) is 0 Å². The molecule has 1 N–H and O–H groups in total. The molecule has 0 amide bonds. The Kier molecular flexibility index (Phi) is 4.98. The van der Waals surface area contributed by atoms with Crippen LogP contribution in [0.1, 0.15) is 5.56 Å². The monoisotopic (exact) mass is 358 g/mol. The Hall–Kier alpha value is -3.05. The molecule has 0 radical (unpaired) electrons. The number of hydrogen-bond acceptors (Lipinski definition) is 5. The lowest BCUT2D eigenvalue weighted by Crippen LogP contribution is -2.04. The van der Waals surface area contributed by atoms with Gasteiger partial charge in [-0.1, -0.05) is 24.3 Å². The van der Waals surface area contributed by atoms with Gasteiger partial charge in [-0.2, -0.15) is 0 Å². The number of nitrogens with one attached hydrogen (secondary N) is 1. The predicted octanol–water partition coefficient (Wildman–Crippen LogP) is 4.92. The first-order valence-electron chi connectivity index (χ1n) is 8.48. The molecule has 0 spiro atoms. The zero-order chi connectivity index (χ0) is 17.6. The summed E-state index contributed by atoms with van der Waals surface area (Å²) in [4.78, 5) is 12.7. The molecule has 0 saturated heterocycles. The van der Waals surface area contributed by atoms with Gasteiger partial charge < -0.3 is 5.32 Å². The van der Waals surface area contributed by atoms with E-state index in [1.165, 1.54) is 16.7 Å². The highest BCUT2D eigenvalue weighted by atomic mass is 32.1. The van der Waals surface area contributed by atoms with Gasteiger partial charge in [-0.05, 0) is 47.4 Å². The van der Waals surface area contributed by atoms with Gasteiger partial charge in [-0.15, -0.1) is 11.3 Å². The Morgan fingerprint density at radius 1 is 0.731 bits per heavy atom. The molecule has 3 heterocycles. The summed E-state index contributed by atoms with van der Waals surface area (Å²) in [6.07, 6.45) is 8.18. The van der Waals surface area contributed by atoms with Gasteiger partial charge in [0.15, 0.2) is 5.13 Å². The molecule has 128 valence electrons. The first kappa shape index (κ1) is 16.4. The third-order valence-electron chi connectivity index (χ3n) is 4.14. The van der Waals surface area contributed by atoms with Crippen LogP contribution in [0, 0.1) is 0 Å². The number of aromatic nitrogens is 3. The second kappa shape index (κ2) is 7.89. The van der Waals surface area contributed by atoms with E-state index in [-0.39, 0.29) is 0 Å². The number of hydrogen-bond donors (Lipinski definition) is 1. The highest BCUT2D eigenvalue weighted by molar-refractivity contribution is 7.14. The lowest BCUT2D eigenvalue weighted by atomic mass is 10.0. The highest BCUT2D eigenvalue weighted by Gasteiger charge is 2.04. The second-order valence-electron chi connectivity index (χ2n) is 5.88. The maximum Gasteiger partial charge on any atom is 0.183 e. The predicted molar refractivity (Wildman–Crippen MR) is 107 cm³/mol. The first-order chi connectivity index (χ1) is 12.9. The maximum atomic E-state index is 4.64. The molecule has 0 saturated carbocycles. The fourth-order valence-electron chi connectivity index (χ4n) is 2.73. The van der Waals surface area contributed by atoms with Gasteiger partial charge in [0.1, 0.15) is 0 Å². The van der Waals surface area contributed by atoms with Gasteiger partial charge in [0.2, 0.25) is 0 Å². The highest BCUT2D eigenvalue weighted by Crippen LogP contribution is 2.24. The van der Waals surface area contributed by atoms with E-state index in [0.717, 1.165) is 29.4 Å². The minimum absolute atomic E-state index is 0.859. The van der Waals surface area contributed by atoms with Crippen molar-refractivity contribution in [2.45, 2.75) is 6.42 Å². The Morgan fingerprint density at radius 2 is 1.35 bits per heavy atom. The molecule has 4 nitrogen and oxygen atoms in total. The number of benzene rings is 1. The van der Waals surface area contributed by atoms with Crippen LogP contribution in [-0.2, 0) is 6.42 Å². The van der Waals surface area contributed by atoms with Crippen LogP contribution < -0.4 is 5.32 Å². The van der Waals surface area contributed by atoms with E-state index in [1.807, 2.05) is 36.7 Å². The van der Waals surface area contributed by atoms with Crippen LogP contribution in [0.25, 0.3) is 22.4 Å². The summed E-state index contributed by atoms with van der Waals surface area (Å²) in [5.41, 5.74) is 5.79. The summed E-state index contributed by atoms with van der Waals surface area (Å²) in [5.74, 6) is 0. The third kappa shape index (κ3) is 3.95. The number of anilines is 1. The molecule has 26 heavy (non-hydrogen) atoms. The van der Waals surface area contributed by atoms with Gasteiger partial charge in [-0.3, -0.25) is 9.97 Å². The van der Waals surface area contributed by atoms with Crippen molar-refractivity contribution in [3.8, 4) is 22.4 Å². The standard InChI is InChI=1S/C21H18N4S/c1-3-17(18-6-10-22-11-7-18)4-2-16(1)5-14-24-21-25-20(15-26-21)19-8-12-23-13-9-19/h1-4,6-13,15H,5,14H2,(H,24,25). The number of nitrogens with zero attached hydrogens (tertiary/aromatic N) is 3. The normalized spacial score (nSPS) is 10.6. The van der Waals surface area contributed by atoms with E-state index in [9.17, 15) is 0 Å². The molecular weight excluding hydrogens is 340 g/mol. The van der Waals surface area contributed by atoms with Crippen LogP contribution in [0.4, 0.5) is 5.13 Å². The van der Waals surface area contributed by atoms with E-state index >= 15 is 0 Å². The summed E-state index contributed by atoms with van der Waals surface area (Å²) in [7, 11) is 0. The topological polar surface area (TPSA) is 50.7 Å². The van der Waals surface area contributed by atoms with E-state index in [1.54, 1.807) is 23.7 Å². The second-order valence-corrected chi connectivity index (χ2v) is 6.74. The fourth-order valence-corrected chi connectivity index (χ4v) is 3.48. The molecule has 5 heteroatoms. The summed E-state index contributed by atoms with van der Waals surface area (Å²) in [6, 6.07) is 16.7. The quantitative estimate of drug-likeness (QED) is 0.531. The van der Waals surface area contributed by atoms with Crippen molar-refractivity contribution < 1.29 is 0 Å². The molecule has 0 fully saturated rings. The number of rotatable bonds is 6. The Morgan fingerprint density at radius 3 is 2.04 bits per heavy atom. The Labute approximate surface area is 156 Å². The van der Waals surface area contributed by atoms with Crippen LogP contribution in [0.2, 0.25) is 0 Å². The lowest BCUT2D eigenvalue weighted by molar-refractivity contribution is 1.02. The smallest absolute Gasteiger partial charge is 0.183 e. The minimum atomic E-state index is 0.859. The lowest BCUT2D eigenvalue weighted by Gasteiger charge is -2.05. The molecule has 3 aromatic heterocycles. The van der Waals surface area contributed by atoms with Crippen molar-refractivity contribution in [1.82, 2.24) is 15.0 Å². The molecule has 0 bridgehead atoms. The summed E-state index contributed by atoms with van der Waals surface area (Å²) in [5, 5.41) is 6.43. The van der Waals surface area contributed by atoms with Crippen LogP contribution in [-0.4, -0.2) is 21.5 Å². The van der Waals surface area contributed by atoms with Gasteiger partial charge in [-0.25, -0.2) is 4.98 Å². The summed E-state index contributed by atoms with van der Waals surface area (Å²) >= 11 is 1.63. The molecule has 0 aliphatic carbocycles. The average molecular weight is 358 g/mol.